The Bertz CT molecular complexity index is 296. The Labute approximate surface area is 108 Å². The van der Waals surface area contributed by atoms with E-state index in [9.17, 15) is 9.59 Å². The second-order valence-electron chi connectivity index (χ2n) is 4.37. The monoisotopic (exact) mass is 258 g/mol. The van der Waals surface area contributed by atoms with Crippen molar-refractivity contribution in [3.8, 4) is 0 Å². The van der Waals surface area contributed by atoms with Crippen LogP contribution in [0, 0.1) is 5.92 Å². The molecule has 1 amide bonds. The summed E-state index contributed by atoms with van der Waals surface area (Å²) in [6.45, 7) is 6.40. The number of carbonyl (C=O) groups is 2. The van der Waals surface area contributed by atoms with E-state index in [1.54, 1.807) is 6.92 Å². The van der Waals surface area contributed by atoms with Crippen molar-refractivity contribution in [2.75, 3.05) is 33.4 Å². The van der Waals surface area contributed by atoms with Gasteiger partial charge >= 0.3 is 12.1 Å². The van der Waals surface area contributed by atoms with Gasteiger partial charge in [0.25, 0.3) is 0 Å². The minimum Gasteiger partial charge on any atom is -0.469 e. The standard InChI is InChI=1S/C12H22N2O4/c1-4-14-7-9(11(15)17-3)6-10(8-14)13-12(16)18-5-2/h9-10H,4-8H2,1-3H3,(H,13,16). The number of alkyl carbamates (subject to hydrolysis) is 1. The Morgan fingerprint density at radius 3 is 2.61 bits per heavy atom. The molecule has 0 spiro atoms. The van der Waals surface area contributed by atoms with E-state index < -0.39 is 6.09 Å². The highest BCUT2D eigenvalue weighted by atomic mass is 16.5. The van der Waals surface area contributed by atoms with Crippen LogP contribution in [-0.2, 0) is 14.3 Å². The van der Waals surface area contributed by atoms with Crippen LogP contribution in [0.2, 0.25) is 0 Å². The third-order valence-corrected chi connectivity index (χ3v) is 3.11. The number of rotatable bonds is 4. The molecule has 1 aliphatic heterocycles. The minimum absolute atomic E-state index is 0.0677. The minimum atomic E-state index is -0.427. The van der Waals surface area contributed by atoms with Crippen molar-refractivity contribution in [1.29, 1.82) is 0 Å². The van der Waals surface area contributed by atoms with Gasteiger partial charge in [-0.05, 0) is 19.9 Å². The van der Waals surface area contributed by atoms with E-state index in [0.29, 0.717) is 19.6 Å². The molecule has 0 aliphatic carbocycles. The van der Waals surface area contributed by atoms with Crippen LogP contribution < -0.4 is 5.32 Å². The number of nitrogens with zero attached hydrogens (tertiary/aromatic N) is 1. The third kappa shape index (κ3) is 4.18. The Morgan fingerprint density at radius 2 is 2.06 bits per heavy atom. The van der Waals surface area contributed by atoms with Crippen molar-refractivity contribution in [2.45, 2.75) is 26.3 Å². The van der Waals surface area contributed by atoms with Crippen LogP contribution >= 0.6 is 0 Å². The second-order valence-corrected chi connectivity index (χ2v) is 4.37. The van der Waals surface area contributed by atoms with E-state index in [1.807, 2.05) is 6.92 Å². The SMILES string of the molecule is CCOC(=O)NC1CC(C(=O)OC)CN(CC)C1. The van der Waals surface area contributed by atoms with Crippen molar-refractivity contribution in [2.24, 2.45) is 5.92 Å². The number of piperidine rings is 1. The molecule has 1 aliphatic rings. The summed E-state index contributed by atoms with van der Waals surface area (Å²) >= 11 is 0. The maximum Gasteiger partial charge on any atom is 0.407 e. The lowest BCUT2D eigenvalue weighted by Gasteiger charge is -2.36. The normalized spacial score (nSPS) is 24.4. The number of amides is 1. The predicted molar refractivity (Wildman–Crippen MR) is 66.2 cm³/mol. The Morgan fingerprint density at radius 1 is 1.33 bits per heavy atom. The first-order chi connectivity index (χ1) is 8.60. The number of hydrogen-bond donors (Lipinski definition) is 1. The van der Waals surface area contributed by atoms with Gasteiger partial charge in [0.05, 0.1) is 19.6 Å². The van der Waals surface area contributed by atoms with Crippen molar-refractivity contribution in [3.63, 3.8) is 0 Å². The second kappa shape index (κ2) is 7.20. The van der Waals surface area contributed by atoms with E-state index in [-0.39, 0.29) is 17.9 Å². The molecule has 0 radical (unpaired) electrons. The van der Waals surface area contributed by atoms with Gasteiger partial charge in [-0.15, -0.1) is 0 Å². The zero-order valence-electron chi connectivity index (χ0n) is 11.3. The number of hydrogen-bond acceptors (Lipinski definition) is 5. The molecule has 2 unspecified atom stereocenters. The molecule has 104 valence electrons. The van der Waals surface area contributed by atoms with Crippen molar-refractivity contribution in [3.05, 3.63) is 0 Å². The first-order valence-electron chi connectivity index (χ1n) is 6.34. The number of likely N-dealkylation sites (tertiary alicyclic amines) is 1. The van der Waals surface area contributed by atoms with Gasteiger partial charge < -0.3 is 19.7 Å². The lowest BCUT2D eigenvalue weighted by molar-refractivity contribution is -0.147. The maximum atomic E-state index is 11.6. The highest BCUT2D eigenvalue weighted by molar-refractivity contribution is 5.73. The summed E-state index contributed by atoms with van der Waals surface area (Å²) in [5.74, 6) is -0.403. The molecule has 0 saturated carbocycles. The zero-order chi connectivity index (χ0) is 13.5. The number of likely N-dealkylation sites (N-methyl/N-ethyl adjacent to an activating group) is 1. The van der Waals surface area contributed by atoms with Gasteiger partial charge in [0.15, 0.2) is 0 Å². The van der Waals surface area contributed by atoms with E-state index in [0.717, 1.165) is 13.1 Å². The molecule has 2 atom stereocenters. The summed E-state index contributed by atoms with van der Waals surface area (Å²) in [7, 11) is 1.39. The van der Waals surface area contributed by atoms with Gasteiger partial charge in [-0.25, -0.2) is 4.79 Å². The Hall–Kier alpha value is -1.30. The molecule has 1 N–H and O–H groups in total. The van der Waals surface area contributed by atoms with Crippen LogP contribution in [0.1, 0.15) is 20.3 Å². The first-order valence-corrected chi connectivity index (χ1v) is 6.34. The smallest absolute Gasteiger partial charge is 0.407 e. The summed E-state index contributed by atoms with van der Waals surface area (Å²) in [6.07, 6.45) is 0.172. The molecular weight excluding hydrogens is 236 g/mol. The van der Waals surface area contributed by atoms with Crippen molar-refractivity contribution >= 4 is 12.1 Å². The third-order valence-electron chi connectivity index (χ3n) is 3.11. The summed E-state index contributed by atoms with van der Waals surface area (Å²) in [5.41, 5.74) is 0. The van der Waals surface area contributed by atoms with Crippen molar-refractivity contribution < 1.29 is 19.1 Å². The predicted octanol–water partition coefficient (Wildman–Crippen LogP) is 0.616. The molecule has 1 saturated heterocycles. The van der Waals surface area contributed by atoms with E-state index in [1.165, 1.54) is 7.11 Å². The molecule has 1 heterocycles. The van der Waals surface area contributed by atoms with Gasteiger partial charge in [0.1, 0.15) is 0 Å². The van der Waals surface area contributed by atoms with Crippen LogP contribution in [0.15, 0.2) is 0 Å². The van der Waals surface area contributed by atoms with E-state index in [2.05, 4.69) is 10.2 Å². The lowest BCUT2D eigenvalue weighted by atomic mass is 9.94. The number of methoxy groups -OCH3 is 1. The fraction of sp³-hybridized carbons (Fsp3) is 0.833. The van der Waals surface area contributed by atoms with Gasteiger partial charge in [0, 0.05) is 19.1 Å². The average molecular weight is 258 g/mol. The van der Waals surface area contributed by atoms with Gasteiger partial charge in [-0.2, -0.15) is 0 Å². The topological polar surface area (TPSA) is 67.9 Å². The first kappa shape index (κ1) is 14.8. The molecule has 1 rings (SSSR count). The zero-order valence-corrected chi connectivity index (χ0v) is 11.3. The highest BCUT2D eigenvalue weighted by Crippen LogP contribution is 2.18. The summed E-state index contributed by atoms with van der Waals surface area (Å²) < 4.78 is 9.62. The number of ether oxygens (including phenoxy) is 2. The fourth-order valence-corrected chi connectivity index (χ4v) is 2.23. The van der Waals surface area contributed by atoms with Crippen LogP contribution in [-0.4, -0.2) is 56.4 Å². The molecule has 6 nitrogen and oxygen atoms in total. The molecule has 0 aromatic rings. The molecule has 6 heteroatoms. The molecule has 0 aromatic heterocycles. The van der Waals surface area contributed by atoms with Gasteiger partial charge in [-0.1, -0.05) is 6.92 Å². The van der Waals surface area contributed by atoms with E-state index >= 15 is 0 Å². The van der Waals surface area contributed by atoms with Crippen LogP contribution in [0.25, 0.3) is 0 Å². The average Bonchev–Trinajstić information content (AvgIpc) is 2.37. The van der Waals surface area contributed by atoms with Crippen LogP contribution in [0.3, 0.4) is 0 Å². The number of esters is 1. The van der Waals surface area contributed by atoms with Gasteiger partial charge in [0.2, 0.25) is 0 Å². The number of carbonyl (C=O) groups excluding carboxylic acids is 2. The maximum absolute atomic E-state index is 11.6. The molecule has 0 bridgehead atoms. The quantitative estimate of drug-likeness (QED) is 0.749. The molecule has 1 fully saturated rings. The molecule has 0 aromatic carbocycles. The largest absolute Gasteiger partial charge is 0.469 e. The molecule has 18 heavy (non-hydrogen) atoms. The van der Waals surface area contributed by atoms with Crippen molar-refractivity contribution in [1.82, 2.24) is 10.2 Å². The number of nitrogens with one attached hydrogen (secondary N) is 1. The summed E-state index contributed by atoms with van der Waals surface area (Å²) in [6, 6.07) is -0.0677. The van der Waals surface area contributed by atoms with Crippen LogP contribution in [0.5, 0.6) is 0 Å². The summed E-state index contributed by atoms with van der Waals surface area (Å²) in [5, 5.41) is 2.78. The fourth-order valence-electron chi connectivity index (χ4n) is 2.23. The Balaban J connectivity index is 2.56. The van der Waals surface area contributed by atoms with Gasteiger partial charge in [-0.3, -0.25) is 4.79 Å². The van der Waals surface area contributed by atoms with Crippen LogP contribution in [0.4, 0.5) is 4.79 Å². The van der Waals surface area contributed by atoms with E-state index in [4.69, 9.17) is 9.47 Å². The highest BCUT2D eigenvalue weighted by Gasteiger charge is 2.32. The lowest BCUT2D eigenvalue weighted by Crippen LogP contribution is -2.52. The summed E-state index contributed by atoms with van der Waals surface area (Å²) in [4.78, 5) is 25.1. The Kier molecular flexibility index (Phi) is 5.91. The molecular formula is C12H22N2O4.